The maximum absolute atomic E-state index is 13.4. The van der Waals surface area contributed by atoms with Gasteiger partial charge in [-0.2, -0.15) is 13.2 Å². The number of anilines is 1. The van der Waals surface area contributed by atoms with Crippen LogP contribution in [0.3, 0.4) is 0 Å². The number of nitrogens with zero attached hydrogens (tertiary/aromatic N) is 4. The maximum atomic E-state index is 13.4. The van der Waals surface area contributed by atoms with Gasteiger partial charge < -0.3 is 15.4 Å². The zero-order valence-electron chi connectivity index (χ0n) is 17.8. The first kappa shape index (κ1) is 21.6. The summed E-state index contributed by atoms with van der Waals surface area (Å²) in [6.45, 7) is 2.50. The van der Waals surface area contributed by atoms with E-state index in [0.717, 1.165) is 69.9 Å². The Hall–Kier alpha value is -2.26. The number of fused-ring (bicyclic) bond motifs is 1. The smallest absolute Gasteiger partial charge is 0.381 e. The van der Waals surface area contributed by atoms with Crippen LogP contribution in [0, 0.1) is 17.8 Å². The number of pyridine rings is 1. The van der Waals surface area contributed by atoms with Gasteiger partial charge in [0.2, 0.25) is 0 Å². The molecule has 0 amide bonds. The van der Waals surface area contributed by atoms with Crippen molar-refractivity contribution < 1.29 is 17.9 Å². The van der Waals surface area contributed by atoms with E-state index in [1.807, 2.05) is 0 Å². The molecule has 2 aromatic rings. The van der Waals surface area contributed by atoms with Crippen LogP contribution in [0.1, 0.15) is 37.7 Å². The minimum Gasteiger partial charge on any atom is -0.381 e. The van der Waals surface area contributed by atoms with Crippen LogP contribution in [0.5, 0.6) is 0 Å². The summed E-state index contributed by atoms with van der Waals surface area (Å²) in [6, 6.07) is 4.98. The first-order chi connectivity index (χ1) is 15.4. The third kappa shape index (κ3) is 4.20. The number of alkyl halides is 3. The number of halogens is 3. The predicted octanol–water partition coefficient (Wildman–Crippen LogP) is 3.92. The van der Waals surface area contributed by atoms with Gasteiger partial charge in [0.05, 0.1) is 11.3 Å². The molecule has 3 fully saturated rings. The number of ether oxygens (including phenoxy) is 1. The van der Waals surface area contributed by atoms with E-state index in [-0.39, 0.29) is 17.3 Å². The van der Waals surface area contributed by atoms with Gasteiger partial charge in [0.25, 0.3) is 0 Å². The summed E-state index contributed by atoms with van der Waals surface area (Å²) in [5.41, 5.74) is 5.64. The Bertz CT molecular complexity index is 932. The van der Waals surface area contributed by atoms with Gasteiger partial charge in [0.1, 0.15) is 0 Å². The van der Waals surface area contributed by atoms with Crippen LogP contribution < -0.4 is 10.6 Å². The number of nitrogens with two attached hydrogens (primary N) is 1. The molecule has 0 bridgehead atoms. The fraction of sp³-hybridized carbons (Fsp3) is 0.609. The van der Waals surface area contributed by atoms with E-state index in [2.05, 4.69) is 20.1 Å². The van der Waals surface area contributed by atoms with Crippen LogP contribution in [0.25, 0.3) is 11.3 Å². The average molecular weight is 448 g/mol. The lowest BCUT2D eigenvalue weighted by Gasteiger charge is -2.33. The van der Waals surface area contributed by atoms with Crippen LogP contribution in [0.4, 0.5) is 19.0 Å². The summed E-state index contributed by atoms with van der Waals surface area (Å²) in [5, 5.41) is 8.56. The molecule has 0 radical (unpaired) electrons. The van der Waals surface area contributed by atoms with Gasteiger partial charge in [-0.25, -0.2) is 0 Å². The van der Waals surface area contributed by atoms with E-state index in [9.17, 15) is 13.2 Å². The van der Waals surface area contributed by atoms with Crippen molar-refractivity contribution in [2.24, 2.45) is 23.5 Å². The van der Waals surface area contributed by atoms with Gasteiger partial charge in [-0.15, -0.1) is 10.2 Å². The summed E-state index contributed by atoms with van der Waals surface area (Å²) in [7, 11) is 0. The van der Waals surface area contributed by atoms with Gasteiger partial charge in [0, 0.05) is 49.8 Å². The molecule has 6 nitrogen and oxygen atoms in total. The van der Waals surface area contributed by atoms with E-state index >= 15 is 0 Å². The van der Waals surface area contributed by atoms with E-state index in [1.54, 1.807) is 12.1 Å². The summed E-state index contributed by atoms with van der Waals surface area (Å²) in [5.74, 6) is 2.41. The first-order valence-corrected chi connectivity index (χ1v) is 11.4. The van der Waals surface area contributed by atoms with Crippen LogP contribution >= 0.6 is 0 Å². The van der Waals surface area contributed by atoms with Crippen molar-refractivity contribution in [1.29, 1.82) is 0 Å². The minimum atomic E-state index is -4.47. The molecule has 32 heavy (non-hydrogen) atoms. The van der Waals surface area contributed by atoms with Crippen molar-refractivity contribution in [2.75, 3.05) is 24.7 Å². The standard InChI is InChI=1S/C23H28F3N5O/c24-23(25,26)19-3-6-28-12-18(19)20-1-2-22(30-29-20)31-13-15-10-16(27)11-17(15)21(31)9-14-4-7-32-8-5-14/h1-3,6,12,14-17,21H,4-5,7-11,13,27H2/t15-,16+,17+,21+/m1/s1. The molecule has 9 heteroatoms. The summed E-state index contributed by atoms with van der Waals surface area (Å²) >= 11 is 0. The Kier molecular flexibility index (Phi) is 5.79. The molecule has 0 spiro atoms. The predicted molar refractivity (Wildman–Crippen MR) is 114 cm³/mol. The lowest BCUT2D eigenvalue weighted by atomic mass is 9.85. The molecule has 4 atom stereocenters. The Balaban J connectivity index is 1.40. The van der Waals surface area contributed by atoms with Crippen molar-refractivity contribution in [3.8, 4) is 11.3 Å². The van der Waals surface area contributed by atoms with Crippen LogP contribution in [0.2, 0.25) is 0 Å². The quantitative estimate of drug-likeness (QED) is 0.766. The van der Waals surface area contributed by atoms with Crippen molar-refractivity contribution in [2.45, 2.75) is 50.4 Å². The topological polar surface area (TPSA) is 77.2 Å². The zero-order valence-corrected chi connectivity index (χ0v) is 17.8. The van der Waals surface area contributed by atoms with Gasteiger partial charge in [0.15, 0.2) is 5.82 Å². The Morgan fingerprint density at radius 3 is 2.62 bits per heavy atom. The molecule has 0 unspecified atom stereocenters. The SMILES string of the molecule is N[C@H]1C[C@@H]2CN(c3ccc(-c4cnccc4C(F)(F)F)nn3)[C@@H](CC3CCOCC3)[C@H]2C1. The molecule has 2 N–H and O–H groups in total. The second kappa shape index (κ2) is 8.59. The van der Waals surface area contributed by atoms with Crippen molar-refractivity contribution in [3.05, 3.63) is 36.2 Å². The number of hydrogen-bond acceptors (Lipinski definition) is 6. The first-order valence-electron chi connectivity index (χ1n) is 11.4. The van der Waals surface area contributed by atoms with Gasteiger partial charge in [-0.1, -0.05) is 0 Å². The third-order valence-corrected chi connectivity index (χ3v) is 7.37. The number of aromatic nitrogens is 3. The normalized spacial score (nSPS) is 28.8. The largest absolute Gasteiger partial charge is 0.417 e. The molecule has 1 aliphatic carbocycles. The van der Waals surface area contributed by atoms with E-state index < -0.39 is 11.7 Å². The lowest BCUT2D eigenvalue weighted by Crippen LogP contribution is -2.37. The fourth-order valence-corrected chi connectivity index (χ4v) is 5.86. The molecular weight excluding hydrogens is 419 g/mol. The highest BCUT2D eigenvalue weighted by atomic mass is 19.4. The van der Waals surface area contributed by atoms with E-state index in [4.69, 9.17) is 10.5 Å². The molecule has 4 heterocycles. The Morgan fingerprint density at radius 2 is 1.91 bits per heavy atom. The minimum absolute atomic E-state index is 0.0536. The average Bonchev–Trinajstić information content (AvgIpc) is 3.31. The Morgan fingerprint density at radius 1 is 1.09 bits per heavy atom. The molecule has 3 aliphatic rings. The molecule has 172 valence electrons. The molecule has 2 saturated heterocycles. The molecule has 0 aromatic carbocycles. The van der Waals surface area contributed by atoms with Crippen molar-refractivity contribution in [1.82, 2.24) is 15.2 Å². The van der Waals surface area contributed by atoms with Gasteiger partial charge >= 0.3 is 6.18 Å². The van der Waals surface area contributed by atoms with Gasteiger partial charge in [-0.05, 0) is 68.1 Å². The van der Waals surface area contributed by atoms with Crippen LogP contribution in [0.15, 0.2) is 30.6 Å². The molecular formula is C23H28F3N5O. The highest BCUT2D eigenvalue weighted by Crippen LogP contribution is 2.46. The molecule has 2 aliphatic heterocycles. The molecule has 2 aromatic heterocycles. The maximum Gasteiger partial charge on any atom is 0.417 e. The highest BCUT2D eigenvalue weighted by Gasteiger charge is 2.47. The number of rotatable bonds is 4. The van der Waals surface area contributed by atoms with E-state index in [1.165, 1.54) is 6.20 Å². The second-order valence-electron chi connectivity index (χ2n) is 9.36. The van der Waals surface area contributed by atoms with Crippen molar-refractivity contribution >= 4 is 5.82 Å². The Labute approximate surface area is 185 Å². The fourth-order valence-electron chi connectivity index (χ4n) is 5.86. The van der Waals surface area contributed by atoms with E-state index in [0.29, 0.717) is 23.8 Å². The molecule has 5 rings (SSSR count). The van der Waals surface area contributed by atoms with Crippen LogP contribution in [-0.4, -0.2) is 47.0 Å². The second-order valence-corrected chi connectivity index (χ2v) is 9.36. The van der Waals surface area contributed by atoms with Crippen LogP contribution in [-0.2, 0) is 10.9 Å². The lowest BCUT2D eigenvalue weighted by molar-refractivity contribution is -0.137. The third-order valence-electron chi connectivity index (χ3n) is 7.37. The van der Waals surface area contributed by atoms with Gasteiger partial charge in [-0.3, -0.25) is 4.98 Å². The zero-order chi connectivity index (χ0) is 22.3. The summed E-state index contributed by atoms with van der Waals surface area (Å²) in [4.78, 5) is 6.18. The highest BCUT2D eigenvalue weighted by molar-refractivity contribution is 5.63. The van der Waals surface area contributed by atoms with Crippen molar-refractivity contribution in [3.63, 3.8) is 0 Å². The molecule has 1 saturated carbocycles. The number of hydrogen-bond donors (Lipinski definition) is 1. The monoisotopic (exact) mass is 447 g/mol. The summed E-state index contributed by atoms with van der Waals surface area (Å²) in [6.07, 6.45) is 3.11. The summed E-state index contributed by atoms with van der Waals surface area (Å²) < 4.78 is 45.7.